The highest BCUT2D eigenvalue weighted by molar-refractivity contribution is 7.90. The average molecular weight is 351 g/mol. The second-order valence-corrected chi connectivity index (χ2v) is 7.34. The maximum Gasteiger partial charge on any atom is 0.302 e. The van der Waals surface area contributed by atoms with Gasteiger partial charge in [0.1, 0.15) is 5.52 Å². The van der Waals surface area contributed by atoms with Gasteiger partial charge in [0.25, 0.3) is 5.91 Å². The first kappa shape index (κ1) is 15.5. The highest BCUT2D eigenvalue weighted by Crippen LogP contribution is 2.22. The molecule has 1 N–H and O–H groups in total. The van der Waals surface area contributed by atoms with Crippen molar-refractivity contribution >= 4 is 44.5 Å². The molecule has 0 aliphatic rings. The smallest absolute Gasteiger partial charge is 0.302 e. The summed E-state index contributed by atoms with van der Waals surface area (Å²) in [5.74, 6) is -0.520. The van der Waals surface area contributed by atoms with E-state index in [-0.39, 0.29) is 16.5 Å². The number of benzene rings is 2. The number of halogens is 1. The van der Waals surface area contributed by atoms with Crippen LogP contribution in [0.25, 0.3) is 11.1 Å². The summed E-state index contributed by atoms with van der Waals surface area (Å²) in [6.07, 6.45) is 1.08. The zero-order valence-electron chi connectivity index (χ0n) is 11.9. The van der Waals surface area contributed by atoms with Crippen molar-refractivity contribution in [1.29, 1.82) is 0 Å². The van der Waals surface area contributed by atoms with Crippen LogP contribution in [0.2, 0.25) is 5.02 Å². The summed E-state index contributed by atoms with van der Waals surface area (Å²) < 4.78 is 28.5. The third-order valence-corrected chi connectivity index (χ3v) is 4.44. The van der Waals surface area contributed by atoms with Gasteiger partial charge >= 0.3 is 6.01 Å². The first-order chi connectivity index (χ1) is 10.8. The fourth-order valence-electron chi connectivity index (χ4n) is 1.99. The molecule has 0 bridgehead atoms. The molecular weight excluding hydrogens is 340 g/mol. The monoisotopic (exact) mass is 350 g/mol. The molecule has 23 heavy (non-hydrogen) atoms. The minimum atomic E-state index is -3.39. The molecule has 1 heterocycles. The van der Waals surface area contributed by atoms with Gasteiger partial charge in [0.05, 0.1) is 4.90 Å². The second-order valence-electron chi connectivity index (χ2n) is 4.89. The summed E-state index contributed by atoms with van der Waals surface area (Å²) >= 11 is 5.86. The lowest BCUT2D eigenvalue weighted by molar-refractivity contribution is 0.102. The van der Waals surface area contributed by atoms with Crippen LogP contribution < -0.4 is 5.32 Å². The number of sulfone groups is 1. The number of amides is 1. The number of carbonyl (C=O) groups is 1. The van der Waals surface area contributed by atoms with Crippen molar-refractivity contribution in [2.24, 2.45) is 0 Å². The van der Waals surface area contributed by atoms with Crippen LogP contribution >= 0.6 is 11.6 Å². The summed E-state index contributed by atoms with van der Waals surface area (Å²) in [6.45, 7) is 0. The number of nitrogens with one attached hydrogen (secondary N) is 1. The molecule has 0 saturated heterocycles. The first-order valence-corrected chi connectivity index (χ1v) is 8.77. The Hall–Kier alpha value is -2.38. The predicted octanol–water partition coefficient (Wildman–Crippen LogP) is 3.14. The van der Waals surface area contributed by atoms with Gasteiger partial charge in [-0.25, -0.2) is 8.42 Å². The third-order valence-electron chi connectivity index (χ3n) is 3.09. The molecule has 0 fully saturated rings. The Balaban J connectivity index is 1.88. The minimum absolute atomic E-state index is 0.0111. The summed E-state index contributed by atoms with van der Waals surface area (Å²) in [6, 6.07) is 10.6. The fraction of sp³-hybridized carbons (Fsp3) is 0.0667. The minimum Gasteiger partial charge on any atom is -0.423 e. The van der Waals surface area contributed by atoms with Crippen molar-refractivity contribution in [3.63, 3.8) is 0 Å². The molecule has 0 saturated carbocycles. The number of nitrogens with zero attached hydrogens (tertiary/aromatic N) is 1. The molecule has 0 radical (unpaired) electrons. The van der Waals surface area contributed by atoms with Gasteiger partial charge in [-0.3, -0.25) is 10.1 Å². The lowest BCUT2D eigenvalue weighted by atomic mass is 10.2. The van der Waals surface area contributed by atoms with Crippen LogP contribution in [0.4, 0.5) is 6.01 Å². The van der Waals surface area contributed by atoms with Gasteiger partial charge in [-0.1, -0.05) is 17.7 Å². The van der Waals surface area contributed by atoms with Gasteiger partial charge in [0.2, 0.25) is 0 Å². The van der Waals surface area contributed by atoms with E-state index in [1.54, 1.807) is 18.2 Å². The quantitative estimate of drug-likeness (QED) is 0.783. The van der Waals surface area contributed by atoms with Gasteiger partial charge in [-0.05, 0) is 36.4 Å². The second kappa shape index (κ2) is 5.68. The van der Waals surface area contributed by atoms with E-state index in [4.69, 9.17) is 16.0 Å². The summed E-state index contributed by atoms with van der Waals surface area (Å²) in [4.78, 5) is 16.4. The van der Waals surface area contributed by atoms with Crippen molar-refractivity contribution in [3.8, 4) is 0 Å². The Morgan fingerprint density at radius 3 is 2.74 bits per heavy atom. The number of anilines is 1. The van der Waals surface area contributed by atoms with Crippen LogP contribution in [0, 0.1) is 0 Å². The topological polar surface area (TPSA) is 89.3 Å². The first-order valence-electron chi connectivity index (χ1n) is 6.50. The Bertz CT molecular complexity index is 1010. The number of aromatic nitrogens is 1. The molecule has 3 rings (SSSR count). The van der Waals surface area contributed by atoms with E-state index in [1.807, 2.05) is 0 Å². The van der Waals surface area contributed by atoms with Crippen LogP contribution in [0.1, 0.15) is 10.4 Å². The molecule has 118 valence electrons. The van der Waals surface area contributed by atoms with Crippen molar-refractivity contribution in [2.75, 3.05) is 11.6 Å². The van der Waals surface area contributed by atoms with Gasteiger partial charge in [0, 0.05) is 16.8 Å². The molecule has 0 unspecified atom stereocenters. The SMILES string of the molecule is CS(=O)(=O)c1cccc(C(=O)Nc2nc3cc(Cl)ccc3o2)c1. The molecule has 6 nitrogen and oxygen atoms in total. The van der Waals surface area contributed by atoms with Crippen LogP contribution in [0.5, 0.6) is 0 Å². The van der Waals surface area contributed by atoms with E-state index in [2.05, 4.69) is 10.3 Å². The van der Waals surface area contributed by atoms with E-state index in [0.29, 0.717) is 16.1 Å². The highest BCUT2D eigenvalue weighted by Gasteiger charge is 2.14. The van der Waals surface area contributed by atoms with E-state index < -0.39 is 15.7 Å². The molecule has 1 amide bonds. The maximum atomic E-state index is 12.2. The van der Waals surface area contributed by atoms with Crippen LogP contribution in [0.3, 0.4) is 0 Å². The summed E-state index contributed by atoms with van der Waals surface area (Å²) in [5.41, 5.74) is 1.18. The number of carbonyl (C=O) groups excluding carboxylic acids is 1. The average Bonchev–Trinajstić information content (AvgIpc) is 2.87. The molecule has 1 aromatic heterocycles. The number of fused-ring (bicyclic) bond motifs is 1. The standard InChI is InChI=1S/C15H11ClN2O4S/c1-23(20,21)11-4-2-3-9(7-11)14(19)18-15-17-12-8-10(16)5-6-13(12)22-15/h2-8H,1H3,(H,17,18,19). The molecule has 8 heteroatoms. The van der Waals surface area contributed by atoms with Gasteiger partial charge in [0.15, 0.2) is 15.4 Å². The zero-order chi connectivity index (χ0) is 16.6. The lowest BCUT2D eigenvalue weighted by Crippen LogP contribution is -2.12. The molecule has 0 aliphatic heterocycles. The third kappa shape index (κ3) is 3.35. The molecule has 0 atom stereocenters. The van der Waals surface area contributed by atoms with Crippen molar-refractivity contribution < 1.29 is 17.6 Å². The van der Waals surface area contributed by atoms with E-state index >= 15 is 0 Å². The number of oxazole rings is 1. The zero-order valence-corrected chi connectivity index (χ0v) is 13.5. The van der Waals surface area contributed by atoms with Crippen molar-refractivity contribution in [3.05, 3.63) is 53.1 Å². The molecule has 3 aromatic rings. The summed E-state index contributed by atoms with van der Waals surface area (Å²) in [5, 5.41) is 3.00. The normalized spacial score (nSPS) is 11.6. The maximum absolute atomic E-state index is 12.2. The number of rotatable bonds is 3. The summed E-state index contributed by atoms with van der Waals surface area (Å²) in [7, 11) is -3.39. The van der Waals surface area contributed by atoms with Crippen LogP contribution in [-0.4, -0.2) is 25.6 Å². The molecular formula is C15H11ClN2O4S. The molecule has 2 aromatic carbocycles. The highest BCUT2D eigenvalue weighted by atomic mass is 35.5. The van der Waals surface area contributed by atoms with Crippen LogP contribution in [0.15, 0.2) is 51.8 Å². The Morgan fingerprint density at radius 2 is 2.00 bits per heavy atom. The Labute approximate surface area is 137 Å². The van der Waals surface area contributed by atoms with E-state index in [9.17, 15) is 13.2 Å². The van der Waals surface area contributed by atoms with E-state index in [0.717, 1.165) is 6.26 Å². The fourth-order valence-corrected chi connectivity index (χ4v) is 2.82. The predicted molar refractivity (Wildman–Crippen MR) is 86.5 cm³/mol. The van der Waals surface area contributed by atoms with Gasteiger partial charge in [-0.15, -0.1) is 0 Å². The molecule has 0 aliphatic carbocycles. The van der Waals surface area contributed by atoms with Crippen molar-refractivity contribution in [1.82, 2.24) is 4.98 Å². The van der Waals surface area contributed by atoms with Crippen LogP contribution in [-0.2, 0) is 9.84 Å². The Morgan fingerprint density at radius 1 is 1.22 bits per heavy atom. The van der Waals surface area contributed by atoms with Gasteiger partial charge in [-0.2, -0.15) is 4.98 Å². The Kier molecular flexibility index (Phi) is 3.83. The van der Waals surface area contributed by atoms with E-state index in [1.165, 1.54) is 24.3 Å². The number of hydrogen-bond acceptors (Lipinski definition) is 5. The lowest BCUT2D eigenvalue weighted by Gasteiger charge is -2.03. The molecule has 0 spiro atoms. The van der Waals surface area contributed by atoms with Gasteiger partial charge < -0.3 is 4.42 Å². The van der Waals surface area contributed by atoms with Crippen molar-refractivity contribution in [2.45, 2.75) is 4.90 Å². The largest absolute Gasteiger partial charge is 0.423 e. The number of hydrogen-bond donors (Lipinski definition) is 1.